The molecule has 0 atom stereocenters. The summed E-state index contributed by atoms with van der Waals surface area (Å²) >= 11 is 0. The van der Waals surface area contributed by atoms with Gasteiger partial charge in [0.05, 0.1) is 17.7 Å². The van der Waals surface area contributed by atoms with E-state index in [1.165, 1.54) is 11.8 Å². The summed E-state index contributed by atoms with van der Waals surface area (Å²) in [6.07, 6.45) is 7.67. The number of benzene rings is 1. The number of aromatic nitrogens is 2. The number of amides is 1. The minimum Gasteiger partial charge on any atom is -0.363 e. The van der Waals surface area contributed by atoms with Gasteiger partial charge in [-0.1, -0.05) is 32.6 Å². The Morgan fingerprint density at radius 1 is 1.22 bits per heavy atom. The molecule has 1 fully saturated rings. The summed E-state index contributed by atoms with van der Waals surface area (Å²) < 4.78 is 24.5. The van der Waals surface area contributed by atoms with E-state index in [2.05, 4.69) is 51.0 Å². The molecular formula is C27H35N5O3S. The number of aromatic amines is 1. The third-order valence-corrected chi connectivity index (χ3v) is 9.15. The fourth-order valence-electron chi connectivity index (χ4n) is 5.31. The third kappa shape index (κ3) is 5.71. The Bertz CT molecular complexity index is 1320. The van der Waals surface area contributed by atoms with E-state index in [1.54, 1.807) is 0 Å². The van der Waals surface area contributed by atoms with E-state index in [4.69, 9.17) is 6.57 Å². The van der Waals surface area contributed by atoms with Gasteiger partial charge in [0.25, 0.3) is 5.82 Å². The van der Waals surface area contributed by atoms with Gasteiger partial charge >= 0.3 is 5.91 Å². The van der Waals surface area contributed by atoms with Crippen molar-refractivity contribution in [1.29, 1.82) is 0 Å². The number of hydrogen-bond donors (Lipinski definition) is 2. The van der Waals surface area contributed by atoms with Gasteiger partial charge in [-0.05, 0) is 74.9 Å². The van der Waals surface area contributed by atoms with E-state index >= 15 is 0 Å². The molecule has 0 saturated carbocycles. The number of nitrogens with one attached hydrogen (secondary N) is 2. The molecule has 0 bridgehead atoms. The average molecular weight is 510 g/mol. The van der Waals surface area contributed by atoms with Crippen molar-refractivity contribution in [2.24, 2.45) is 5.41 Å². The smallest absolute Gasteiger partial charge is 0.314 e. The molecular weight excluding hydrogens is 474 g/mol. The Kier molecular flexibility index (Phi) is 7.13. The lowest BCUT2D eigenvalue weighted by molar-refractivity contribution is 0.101. The highest BCUT2D eigenvalue weighted by atomic mass is 32.2. The Morgan fingerprint density at radius 3 is 2.53 bits per heavy atom. The minimum absolute atomic E-state index is 0.0938. The normalized spacial score (nSPS) is 20.4. The Labute approximate surface area is 213 Å². The van der Waals surface area contributed by atoms with Gasteiger partial charge in [0.2, 0.25) is 5.82 Å². The van der Waals surface area contributed by atoms with Crippen LogP contribution in [0.2, 0.25) is 0 Å². The molecule has 2 aromatic rings. The van der Waals surface area contributed by atoms with Crippen LogP contribution < -0.4 is 5.32 Å². The van der Waals surface area contributed by atoms with Crippen LogP contribution in [0.15, 0.2) is 30.5 Å². The number of rotatable bonds is 6. The van der Waals surface area contributed by atoms with Crippen molar-refractivity contribution in [3.8, 4) is 0 Å². The molecule has 1 amide bonds. The standard InChI is InChI=1S/C27H35N5O3S/c1-26(2)10-8-19(9-11-26)21-16-20(27(18-32(4)5)12-14-36(34,35)15-13-27)6-7-22(21)30-25(33)24-29-17-23(28-3)31-24/h6-8,16-17H,9-15,18H2,1-2,4-5H3,(H,29,31)(H,30,33). The highest BCUT2D eigenvalue weighted by molar-refractivity contribution is 7.91. The molecule has 2 N–H and O–H groups in total. The summed E-state index contributed by atoms with van der Waals surface area (Å²) in [6, 6.07) is 6.12. The van der Waals surface area contributed by atoms with Crippen molar-refractivity contribution in [2.45, 2.75) is 51.4 Å². The van der Waals surface area contributed by atoms with Crippen LogP contribution in [-0.2, 0) is 15.3 Å². The van der Waals surface area contributed by atoms with Crippen LogP contribution in [0.1, 0.15) is 67.7 Å². The summed E-state index contributed by atoms with van der Waals surface area (Å²) in [7, 11) is 1.03. The number of anilines is 1. The molecule has 0 unspecified atom stereocenters. The first-order chi connectivity index (χ1) is 16.9. The summed E-state index contributed by atoms with van der Waals surface area (Å²) in [5.41, 5.74) is 3.93. The molecule has 192 valence electrons. The maximum atomic E-state index is 12.9. The number of carbonyl (C=O) groups is 1. The van der Waals surface area contributed by atoms with Crippen LogP contribution in [0, 0.1) is 12.0 Å². The molecule has 9 heteroatoms. The fraction of sp³-hybridized carbons (Fsp3) is 0.519. The van der Waals surface area contributed by atoms with E-state index in [9.17, 15) is 13.2 Å². The lowest BCUT2D eigenvalue weighted by Crippen LogP contribution is -2.44. The maximum Gasteiger partial charge on any atom is 0.314 e. The van der Waals surface area contributed by atoms with Crippen LogP contribution in [0.5, 0.6) is 0 Å². The molecule has 4 rings (SSSR count). The van der Waals surface area contributed by atoms with Crippen LogP contribution in [0.4, 0.5) is 11.5 Å². The molecule has 8 nitrogen and oxygen atoms in total. The zero-order valence-corrected chi connectivity index (χ0v) is 22.3. The van der Waals surface area contributed by atoms with E-state index in [0.717, 1.165) is 36.9 Å². The van der Waals surface area contributed by atoms with Gasteiger partial charge in [-0.25, -0.2) is 13.4 Å². The average Bonchev–Trinajstić information content (AvgIpc) is 3.30. The van der Waals surface area contributed by atoms with Gasteiger partial charge in [-0.15, -0.1) is 0 Å². The molecule has 2 heterocycles. The monoisotopic (exact) mass is 509 g/mol. The van der Waals surface area contributed by atoms with Crippen LogP contribution in [0.25, 0.3) is 10.4 Å². The van der Waals surface area contributed by atoms with Crippen LogP contribution in [0.3, 0.4) is 0 Å². The molecule has 0 radical (unpaired) electrons. The predicted molar refractivity (Wildman–Crippen MR) is 143 cm³/mol. The second-order valence-corrected chi connectivity index (χ2v) is 13.5. The van der Waals surface area contributed by atoms with Crippen molar-refractivity contribution < 1.29 is 13.2 Å². The molecule has 1 aromatic carbocycles. The zero-order chi connectivity index (χ0) is 26.1. The van der Waals surface area contributed by atoms with Crippen LogP contribution in [-0.4, -0.2) is 61.3 Å². The van der Waals surface area contributed by atoms with Crippen molar-refractivity contribution in [2.75, 3.05) is 37.5 Å². The van der Waals surface area contributed by atoms with Gasteiger partial charge in [-0.2, -0.15) is 0 Å². The summed E-state index contributed by atoms with van der Waals surface area (Å²) in [5, 5.41) is 3.00. The fourth-order valence-corrected chi connectivity index (χ4v) is 6.92. The topological polar surface area (TPSA) is 99.5 Å². The van der Waals surface area contributed by atoms with Gasteiger partial charge in [-0.3, -0.25) is 9.78 Å². The molecule has 1 aliphatic heterocycles. The number of likely N-dealkylation sites (N-methyl/N-ethyl adjacent to an activating group) is 1. The molecule has 36 heavy (non-hydrogen) atoms. The molecule has 1 aromatic heterocycles. The number of allylic oxidation sites excluding steroid dienone is 2. The number of H-pyrrole nitrogens is 1. The number of hydrogen-bond acceptors (Lipinski definition) is 5. The van der Waals surface area contributed by atoms with Crippen molar-refractivity contribution >= 4 is 32.8 Å². The minimum atomic E-state index is -3.01. The largest absolute Gasteiger partial charge is 0.363 e. The summed E-state index contributed by atoms with van der Waals surface area (Å²) in [5.74, 6) is 0.283. The maximum absolute atomic E-state index is 12.9. The number of carbonyl (C=O) groups excluding carboxylic acids is 1. The van der Waals surface area contributed by atoms with Crippen molar-refractivity contribution in [3.05, 3.63) is 58.8 Å². The van der Waals surface area contributed by atoms with Gasteiger partial charge in [0.1, 0.15) is 9.84 Å². The first kappa shape index (κ1) is 26.1. The van der Waals surface area contributed by atoms with Crippen molar-refractivity contribution in [3.63, 3.8) is 0 Å². The van der Waals surface area contributed by atoms with Gasteiger partial charge in [0.15, 0.2) is 0 Å². The quantitative estimate of drug-likeness (QED) is 0.544. The van der Waals surface area contributed by atoms with E-state index in [0.29, 0.717) is 18.5 Å². The number of sulfone groups is 1. The number of imidazole rings is 1. The highest BCUT2D eigenvalue weighted by Crippen LogP contribution is 2.43. The second-order valence-electron chi connectivity index (χ2n) is 11.2. The Hall–Kier alpha value is -2.96. The molecule has 2 aliphatic rings. The van der Waals surface area contributed by atoms with Crippen LogP contribution >= 0.6 is 0 Å². The van der Waals surface area contributed by atoms with Crippen molar-refractivity contribution in [1.82, 2.24) is 14.9 Å². The predicted octanol–water partition coefficient (Wildman–Crippen LogP) is 4.81. The number of nitrogens with zero attached hydrogens (tertiary/aromatic N) is 3. The van der Waals surface area contributed by atoms with Gasteiger partial charge in [0, 0.05) is 23.2 Å². The first-order valence-corrected chi connectivity index (χ1v) is 14.2. The van der Waals surface area contributed by atoms with E-state index < -0.39 is 15.7 Å². The Balaban J connectivity index is 1.75. The molecule has 1 aliphatic carbocycles. The summed E-state index contributed by atoms with van der Waals surface area (Å²) in [6.45, 7) is 12.4. The lowest BCUT2D eigenvalue weighted by atomic mass is 9.73. The summed E-state index contributed by atoms with van der Waals surface area (Å²) in [4.78, 5) is 25.1. The Morgan fingerprint density at radius 2 is 1.94 bits per heavy atom. The SMILES string of the molecule is [C-]#[N+]c1cnc(C(=O)Nc2ccc(C3(CN(C)C)CCS(=O)(=O)CC3)cc2C2=CCC(C)(C)CC2)[nH]1. The van der Waals surface area contributed by atoms with Gasteiger partial charge < -0.3 is 15.1 Å². The first-order valence-electron chi connectivity index (χ1n) is 12.3. The third-order valence-electron chi connectivity index (χ3n) is 7.50. The lowest BCUT2D eigenvalue weighted by Gasteiger charge is -2.40. The van der Waals surface area contributed by atoms with E-state index in [1.807, 2.05) is 26.2 Å². The molecule has 1 saturated heterocycles. The zero-order valence-electron chi connectivity index (χ0n) is 21.5. The van der Waals surface area contributed by atoms with E-state index in [-0.39, 0.29) is 34.0 Å². The second kappa shape index (κ2) is 9.83. The highest BCUT2D eigenvalue weighted by Gasteiger charge is 2.39. The molecule has 0 spiro atoms.